The first kappa shape index (κ1) is 26.5. The van der Waals surface area contributed by atoms with Crippen molar-refractivity contribution in [2.24, 2.45) is 5.73 Å². The Hall–Kier alpha value is -4.55. The number of aliphatic hydroxyl groups is 2. The van der Waals surface area contributed by atoms with E-state index in [0.717, 1.165) is 0 Å². The Labute approximate surface area is 217 Å². The summed E-state index contributed by atoms with van der Waals surface area (Å²) >= 11 is 0. The Kier molecular flexibility index (Phi) is 7.55. The standard InChI is InChI=1S/C26H27N5O7/c1-14-13-30(25(37)15-6-3-2-4-7-15)10-11-31(14)26(38)20(32)17-12-28-19-16(17)8-5-9-18(19)29-24(36)22(34)21(33)23(27)35/h2-9,12,14,21-22,28,33-34H,10-11,13H2,1H3,(H2,27,35)(H,29,36). The molecule has 1 fully saturated rings. The highest BCUT2D eigenvalue weighted by atomic mass is 16.3. The molecular weight excluding hydrogens is 494 g/mol. The van der Waals surface area contributed by atoms with Gasteiger partial charge in [0.05, 0.1) is 16.8 Å². The number of piperazine rings is 1. The second-order valence-electron chi connectivity index (χ2n) is 9.01. The number of nitrogens with one attached hydrogen (secondary N) is 2. The molecule has 3 aromatic rings. The highest BCUT2D eigenvalue weighted by Gasteiger charge is 2.34. The quantitative estimate of drug-likeness (QED) is 0.212. The topological polar surface area (TPSA) is 186 Å². The third-order valence-electron chi connectivity index (χ3n) is 6.47. The molecule has 0 aliphatic carbocycles. The van der Waals surface area contributed by atoms with Crippen LogP contribution in [-0.2, 0) is 14.4 Å². The smallest absolute Gasteiger partial charge is 0.295 e. The minimum atomic E-state index is -2.10. The van der Waals surface area contributed by atoms with Gasteiger partial charge in [-0.25, -0.2) is 0 Å². The molecule has 0 radical (unpaired) electrons. The van der Waals surface area contributed by atoms with Crippen LogP contribution in [0, 0.1) is 0 Å². The van der Waals surface area contributed by atoms with E-state index in [9.17, 15) is 34.2 Å². The summed E-state index contributed by atoms with van der Waals surface area (Å²) in [6, 6.07) is 13.0. The lowest BCUT2D eigenvalue weighted by atomic mass is 10.1. The van der Waals surface area contributed by atoms with Gasteiger partial charge in [0.25, 0.3) is 23.5 Å². The van der Waals surface area contributed by atoms with Crippen LogP contribution in [0.15, 0.2) is 54.7 Å². The first-order valence-electron chi connectivity index (χ1n) is 11.9. The molecule has 4 amide bonds. The lowest BCUT2D eigenvalue weighted by molar-refractivity contribution is -0.141. The van der Waals surface area contributed by atoms with Crippen molar-refractivity contribution in [3.8, 4) is 0 Å². The number of ketones is 1. The molecule has 4 rings (SSSR count). The fourth-order valence-electron chi connectivity index (χ4n) is 4.40. The summed E-state index contributed by atoms with van der Waals surface area (Å²) in [6.45, 7) is 2.51. The fraction of sp³-hybridized carbons (Fsp3) is 0.269. The van der Waals surface area contributed by atoms with Gasteiger partial charge in [-0.1, -0.05) is 30.3 Å². The third kappa shape index (κ3) is 5.12. The number of rotatable bonds is 7. The average molecular weight is 522 g/mol. The molecule has 1 aromatic heterocycles. The molecule has 1 aliphatic rings. The number of nitrogens with two attached hydrogens (primary N) is 1. The van der Waals surface area contributed by atoms with Crippen molar-refractivity contribution in [3.63, 3.8) is 0 Å². The molecule has 12 nitrogen and oxygen atoms in total. The van der Waals surface area contributed by atoms with E-state index < -0.39 is 41.8 Å². The second kappa shape index (κ2) is 10.8. The van der Waals surface area contributed by atoms with Crippen LogP contribution in [0.2, 0.25) is 0 Å². The first-order chi connectivity index (χ1) is 18.1. The van der Waals surface area contributed by atoms with Crippen molar-refractivity contribution in [3.05, 3.63) is 65.9 Å². The number of H-pyrrole nitrogens is 1. The zero-order valence-corrected chi connectivity index (χ0v) is 20.5. The molecule has 0 spiro atoms. The Morgan fingerprint density at radius 3 is 2.37 bits per heavy atom. The van der Waals surface area contributed by atoms with Crippen molar-refractivity contribution in [1.82, 2.24) is 14.8 Å². The largest absolute Gasteiger partial charge is 0.380 e. The Balaban J connectivity index is 1.48. The number of amides is 4. The molecule has 3 unspecified atom stereocenters. The predicted octanol–water partition coefficient (Wildman–Crippen LogP) is -0.131. The van der Waals surface area contributed by atoms with E-state index in [-0.39, 0.29) is 36.8 Å². The van der Waals surface area contributed by atoms with Crippen LogP contribution in [0.4, 0.5) is 5.69 Å². The monoisotopic (exact) mass is 521 g/mol. The summed E-state index contributed by atoms with van der Waals surface area (Å²) < 4.78 is 0. The maximum absolute atomic E-state index is 13.2. The maximum Gasteiger partial charge on any atom is 0.295 e. The van der Waals surface area contributed by atoms with Crippen molar-refractivity contribution in [2.45, 2.75) is 25.2 Å². The summed E-state index contributed by atoms with van der Waals surface area (Å²) in [7, 11) is 0. The minimum absolute atomic E-state index is 0.0776. The van der Waals surface area contributed by atoms with Gasteiger partial charge in [-0.2, -0.15) is 0 Å². The van der Waals surface area contributed by atoms with E-state index in [1.54, 1.807) is 42.2 Å². The van der Waals surface area contributed by atoms with E-state index >= 15 is 0 Å². The van der Waals surface area contributed by atoms with Gasteiger partial charge in [0.1, 0.15) is 0 Å². The first-order valence-corrected chi connectivity index (χ1v) is 11.9. The molecule has 12 heteroatoms. The van der Waals surface area contributed by atoms with Crippen LogP contribution in [-0.4, -0.2) is 92.3 Å². The second-order valence-corrected chi connectivity index (χ2v) is 9.01. The molecule has 3 atom stereocenters. The van der Waals surface area contributed by atoms with Crippen molar-refractivity contribution in [1.29, 1.82) is 0 Å². The number of fused-ring (bicyclic) bond motifs is 1. The molecule has 38 heavy (non-hydrogen) atoms. The number of carbonyl (C=O) groups excluding carboxylic acids is 5. The number of anilines is 1. The van der Waals surface area contributed by atoms with Gasteiger partial charge in [0.15, 0.2) is 12.2 Å². The van der Waals surface area contributed by atoms with Gasteiger partial charge in [0, 0.05) is 42.8 Å². The summed E-state index contributed by atoms with van der Waals surface area (Å²) in [6.07, 6.45) is -2.86. The fourth-order valence-corrected chi connectivity index (χ4v) is 4.40. The van der Waals surface area contributed by atoms with Gasteiger partial charge < -0.3 is 36.0 Å². The number of benzene rings is 2. The number of hydrogen-bond acceptors (Lipinski definition) is 7. The summed E-state index contributed by atoms with van der Waals surface area (Å²) in [5, 5.41) is 22.1. The highest BCUT2D eigenvalue weighted by molar-refractivity contribution is 6.45. The molecular formula is C26H27N5O7. The number of nitrogens with zero attached hydrogens (tertiary/aromatic N) is 2. The lowest BCUT2D eigenvalue weighted by Gasteiger charge is -2.39. The zero-order valence-electron chi connectivity index (χ0n) is 20.5. The Morgan fingerprint density at radius 2 is 1.71 bits per heavy atom. The minimum Gasteiger partial charge on any atom is -0.380 e. The number of aromatic nitrogens is 1. The molecule has 1 aliphatic heterocycles. The van der Waals surface area contributed by atoms with Gasteiger partial charge in [-0.3, -0.25) is 24.0 Å². The SMILES string of the molecule is CC1CN(C(=O)c2ccccc2)CCN1C(=O)C(=O)c1c[nH]c2c(NC(=O)C(O)C(O)C(N)=O)cccc12. The molecule has 1 saturated heterocycles. The Bertz CT molecular complexity index is 1400. The zero-order chi connectivity index (χ0) is 27.6. The average Bonchev–Trinajstić information content (AvgIpc) is 3.36. The number of para-hydroxylation sites is 1. The third-order valence-corrected chi connectivity index (χ3v) is 6.47. The molecule has 2 heterocycles. The van der Waals surface area contributed by atoms with E-state index in [1.165, 1.54) is 23.2 Å². The Morgan fingerprint density at radius 1 is 1.00 bits per heavy atom. The van der Waals surface area contributed by atoms with E-state index in [2.05, 4.69) is 10.3 Å². The highest BCUT2D eigenvalue weighted by Crippen LogP contribution is 2.27. The summed E-state index contributed by atoms with van der Waals surface area (Å²) in [5.74, 6) is -3.98. The summed E-state index contributed by atoms with van der Waals surface area (Å²) in [5.41, 5.74) is 5.99. The number of aliphatic hydroxyl groups excluding tert-OH is 2. The van der Waals surface area contributed by atoms with Gasteiger partial charge >= 0.3 is 0 Å². The van der Waals surface area contributed by atoms with Crippen LogP contribution >= 0.6 is 0 Å². The number of aromatic amines is 1. The maximum atomic E-state index is 13.2. The number of carbonyl (C=O) groups is 5. The van der Waals surface area contributed by atoms with E-state index in [1.807, 2.05) is 6.07 Å². The number of Topliss-reactive ketones (excluding diaryl/α,β-unsaturated/α-hetero) is 1. The van der Waals surface area contributed by atoms with Crippen LogP contribution in [0.3, 0.4) is 0 Å². The van der Waals surface area contributed by atoms with Crippen LogP contribution < -0.4 is 11.1 Å². The van der Waals surface area contributed by atoms with Crippen molar-refractivity contribution >= 4 is 46.0 Å². The van der Waals surface area contributed by atoms with Crippen molar-refractivity contribution in [2.75, 3.05) is 25.0 Å². The summed E-state index contributed by atoms with van der Waals surface area (Å²) in [4.78, 5) is 68.4. The van der Waals surface area contributed by atoms with Crippen LogP contribution in [0.5, 0.6) is 0 Å². The predicted molar refractivity (Wildman–Crippen MR) is 136 cm³/mol. The van der Waals surface area contributed by atoms with E-state index in [0.29, 0.717) is 16.5 Å². The van der Waals surface area contributed by atoms with Gasteiger partial charge in [-0.15, -0.1) is 0 Å². The molecule has 2 aromatic carbocycles. The molecule has 0 saturated carbocycles. The molecule has 198 valence electrons. The number of primary amides is 1. The number of hydrogen-bond donors (Lipinski definition) is 5. The van der Waals surface area contributed by atoms with Crippen LogP contribution in [0.25, 0.3) is 10.9 Å². The van der Waals surface area contributed by atoms with Crippen LogP contribution in [0.1, 0.15) is 27.6 Å². The lowest BCUT2D eigenvalue weighted by Crippen LogP contribution is -2.56. The van der Waals surface area contributed by atoms with E-state index in [4.69, 9.17) is 5.73 Å². The molecule has 6 N–H and O–H groups in total. The normalized spacial score (nSPS) is 17.1. The van der Waals surface area contributed by atoms with Gasteiger partial charge in [-0.05, 0) is 25.1 Å². The van der Waals surface area contributed by atoms with Crippen molar-refractivity contribution < 1.29 is 34.2 Å². The van der Waals surface area contributed by atoms with Gasteiger partial charge in [0.2, 0.25) is 5.91 Å². The molecule has 0 bridgehead atoms.